The van der Waals surface area contributed by atoms with Crippen LogP contribution in [0.1, 0.15) is 6.42 Å². The second kappa shape index (κ2) is 7.21. The summed E-state index contributed by atoms with van der Waals surface area (Å²) in [5, 5.41) is 16.0. The molecular weight excluding hydrogens is 240 g/mol. The second-order valence-electron chi connectivity index (χ2n) is 5.82. The fourth-order valence-electron chi connectivity index (χ4n) is 1.79. The Hall–Kier alpha value is -1.46. The third-order valence-corrected chi connectivity index (χ3v) is 2.84. The Balaban J connectivity index is 2.12. The van der Waals surface area contributed by atoms with E-state index in [1.807, 2.05) is 0 Å². The van der Waals surface area contributed by atoms with Crippen LogP contribution in [0.5, 0.6) is 5.75 Å². The molecule has 0 aromatic heterocycles. The van der Waals surface area contributed by atoms with Crippen molar-refractivity contribution in [2.75, 3.05) is 58.4 Å². The van der Waals surface area contributed by atoms with Crippen LogP contribution in [0, 0.1) is 0 Å². The van der Waals surface area contributed by atoms with Gasteiger partial charge in [0.05, 0.1) is 39.1 Å². The van der Waals surface area contributed by atoms with Crippen molar-refractivity contribution in [3.63, 3.8) is 0 Å². The number of hydrogen-bond donors (Lipinski definition) is 4. The first-order valence-electron chi connectivity index (χ1n) is 6.72. The van der Waals surface area contributed by atoms with E-state index < -0.39 is 0 Å². The van der Waals surface area contributed by atoms with Crippen molar-refractivity contribution in [1.82, 2.24) is 5.32 Å². The fourth-order valence-corrected chi connectivity index (χ4v) is 1.79. The highest BCUT2D eigenvalue weighted by Gasteiger charge is 2.05. The zero-order chi connectivity index (χ0) is 14.3. The number of aromatic hydroxyl groups is 1. The van der Waals surface area contributed by atoms with Gasteiger partial charge in [0.2, 0.25) is 0 Å². The summed E-state index contributed by atoms with van der Waals surface area (Å²) in [7, 11) is 6.60. The van der Waals surface area contributed by atoms with Gasteiger partial charge in [-0.25, -0.2) is 0 Å². The number of phenolic OH excluding ortho intramolecular Hbond substituents is 1. The highest BCUT2D eigenvalue weighted by Crippen LogP contribution is 2.22. The number of anilines is 2. The molecule has 5 heteroatoms. The molecule has 0 amide bonds. The molecule has 108 valence electrons. The molecule has 0 aliphatic carbocycles. The summed E-state index contributed by atoms with van der Waals surface area (Å²) in [5.41, 5.74) is 7.24. The lowest BCUT2D eigenvalue weighted by atomic mass is 10.2. The van der Waals surface area contributed by atoms with Gasteiger partial charge < -0.3 is 26.0 Å². The van der Waals surface area contributed by atoms with Gasteiger partial charge >= 0.3 is 0 Å². The van der Waals surface area contributed by atoms with Crippen molar-refractivity contribution in [3.8, 4) is 5.75 Å². The molecule has 0 fully saturated rings. The van der Waals surface area contributed by atoms with E-state index in [4.69, 9.17) is 5.73 Å². The average molecular weight is 267 g/mol. The Bertz CT molecular complexity index is 388. The van der Waals surface area contributed by atoms with Gasteiger partial charge in [0.15, 0.2) is 0 Å². The number of nitrogen functional groups attached to an aromatic ring is 1. The number of benzene rings is 1. The molecule has 0 unspecified atom stereocenters. The van der Waals surface area contributed by atoms with Crippen molar-refractivity contribution in [1.29, 1.82) is 0 Å². The van der Waals surface area contributed by atoms with Gasteiger partial charge in [0, 0.05) is 32.1 Å². The van der Waals surface area contributed by atoms with Crippen molar-refractivity contribution in [2.24, 2.45) is 0 Å². The van der Waals surface area contributed by atoms with E-state index in [1.165, 1.54) is 6.54 Å². The molecule has 5 N–H and O–H groups in total. The molecule has 0 spiro atoms. The normalized spacial score (nSPS) is 11.5. The highest BCUT2D eigenvalue weighted by molar-refractivity contribution is 5.67. The predicted octanol–water partition coefficient (Wildman–Crippen LogP) is 1.07. The average Bonchev–Trinajstić information content (AvgIpc) is 2.31. The maximum absolute atomic E-state index is 9.37. The van der Waals surface area contributed by atoms with Gasteiger partial charge in [-0.05, 0) is 12.1 Å². The van der Waals surface area contributed by atoms with Crippen molar-refractivity contribution in [3.05, 3.63) is 18.2 Å². The predicted molar refractivity (Wildman–Crippen MR) is 81.4 cm³/mol. The zero-order valence-electron chi connectivity index (χ0n) is 12.2. The van der Waals surface area contributed by atoms with Crippen molar-refractivity contribution < 1.29 is 9.59 Å². The summed E-state index contributed by atoms with van der Waals surface area (Å²) in [5.74, 6) is 0.229. The van der Waals surface area contributed by atoms with Crippen molar-refractivity contribution >= 4 is 11.4 Å². The van der Waals surface area contributed by atoms with Gasteiger partial charge in [0.25, 0.3) is 0 Å². The summed E-state index contributed by atoms with van der Waals surface area (Å²) in [4.78, 5) is 0. The van der Waals surface area contributed by atoms with Gasteiger partial charge in [-0.1, -0.05) is 0 Å². The van der Waals surface area contributed by atoms with E-state index in [2.05, 4.69) is 31.8 Å². The van der Waals surface area contributed by atoms with Crippen LogP contribution in [0.3, 0.4) is 0 Å². The van der Waals surface area contributed by atoms with E-state index in [0.717, 1.165) is 36.2 Å². The van der Waals surface area contributed by atoms with Gasteiger partial charge in [0.1, 0.15) is 5.75 Å². The number of hydrogen-bond acceptors (Lipinski definition) is 4. The molecule has 0 saturated carbocycles. The molecule has 0 saturated heterocycles. The van der Waals surface area contributed by atoms with Crippen LogP contribution in [0.15, 0.2) is 18.2 Å². The quantitative estimate of drug-likeness (QED) is 0.246. The van der Waals surface area contributed by atoms with Crippen molar-refractivity contribution in [2.45, 2.75) is 6.42 Å². The molecule has 1 rings (SSSR count). The Morgan fingerprint density at radius 3 is 2.58 bits per heavy atom. The Labute approximate surface area is 116 Å². The molecule has 1 aromatic carbocycles. The molecule has 1 aromatic rings. The minimum Gasteiger partial charge on any atom is -0.508 e. The first kappa shape index (κ1) is 15.6. The number of quaternary nitrogens is 1. The van der Waals surface area contributed by atoms with Crippen LogP contribution in [0.25, 0.3) is 0 Å². The van der Waals surface area contributed by atoms with E-state index in [1.54, 1.807) is 18.2 Å². The largest absolute Gasteiger partial charge is 0.508 e. The third kappa shape index (κ3) is 6.88. The minimum atomic E-state index is 0.229. The number of nitrogens with two attached hydrogens (primary N) is 1. The number of phenols is 1. The standard InChI is InChI=1S/C14H26N4O/c1-18(2,3)10-4-7-16-8-9-17-14-11-12(19)5-6-13(14)15/h5-6,11,16-17H,4,7-10,15H2,1-3H3/p+1. The molecule has 0 aliphatic rings. The molecule has 5 nitrogen and oxygen atoms in total. The van der Waals surface area contributed by atoms with E-state index >= 15 is 0 Å². The molecule has 0 aliphatic heterocycles. The smallest absolute Gasteiger partial charge is 0.117 e. The first-order chi connectivity index (χ1) is 8.88. The number of nitrogens with one attached hydrogen (secondary N) is 2. The van der Waals surface area contributed by atoms with Crippen LogP contribution in [0.2, 0.25) is 0 Å². The maximum atomic E-state index is 9.37. The topological polar surface area (TPSA) is 70.3 Å². The van der Waals surface area contributed by atoms with Gasteiger partial charge in [-0.15, -0.1) is 0 Å². The van der Waals surface area contributed by atoms with Crippen LogP contribution in [0.4, 0.5) is 11.4 Å². The number of rotatable bonds is 8. The minimum absolute atomic E-state index is 0.229. The zero-order valence-corrected chi connectivity index (χ0v) is 12.2. The Morgan fingerprint density at radius 2 is 1.89 bits per heavy atom. The van der Waals surface area contributed by atoms with Gasteiger partial charge in [-0.3, -0.25) is 0 Å². The van der Waals surface area contributed by atoms with E-state index in [-0.39, 0.29) is 5.75 Å². The van der Waals surface area contributed by atoms with E-state index in [0.29, 0.717) is 5.69 Å². The monoisotopic (exact) mass is 267 g/mol. The first-order valence-corrected chi connectivity index (χ1v) is 6.72. The van der Waals surface area contributed by atoms with Crippen LogP contribution >= 0.6 is 0 Å². The molecule has 0 atom stereocenters. The SMILES string of the molecule is C[N+](C)(C)CCCNCCNc1cc(O)ccc1N. The molecular formula is C14H27N4O+. The Morgan fingerprint density at radius 1 is 1.16 bits per heavy atom. The molecule has 19 heavy (non-hydrogen) atoms. The summed E-state index contributed by atoms with van der Waals surface area (Å²) in [6, 6.07) is 4.93. The fraction of sp³-hybridized carbons (Fsp3) is 0.571. The van der Waals surface area contributed by atoms with Crippen LogP contribution in [-0.4, -0.2) is 56.9 Å². The second-order valence-corrected chi connectivity index (χ2v) is 5.82. The maximum Gasteiger partial charge on any atom is 0.117 e. The van der Waals surface area contributed by atoms with Crippen LogP contribution in [-0.2, 0) is 0 Å². The molecule has 0 radical (unpaired) electrons. The van der Waals surface area contributed by atoms with Crippen LogP contribution < -0.4 is 16.4 Å². The molecule has 0 bridgehead atoms. The third-order valence-electron chi connectivity index (χ3n) is 2.84. The van der Waals surface area contributed by atoms with Gasteiger partial charge in [-0.2, -0.15) is 0 Å². The summed E-state index contributed by atoms with van der Waals surface area (Å²) in [6.07, 6.45) is 1.16. The lowest BCUT2D eigenvalue weighted by molar-refractivity contribution is -0.870. The molecule has 0 heterocycles. The highest BCUT2D eigenvalue weighted by atomic mass is 16.3. The summed E-state index contributed by atoms with van der Waals surface area (Å²) < 4.78 is 1.000. The number of nitrogens with zero attached hydrogens (tertiary/aromatic N) is 1. The summed E-state index contributed by atoms with van der Waals surface area (Å²) in [6.45, 7) is 3.86. The lowest BCUT2D eigenvalue weighted by Gasteiger charge is -2.23. The lowest BCUT2D eigenvalue weighted by Crippen LogP contribution is -2.37. The summed E-state index contributed by atoms with van der Waals surface area (Å²) >= 11 is 0. The van der Waals surface area contributed by atoms with E-state index in [9.17, 15) is 5.11 Å². The Kier molecular flexibility index (Phi) is 5.92.